The number of hydrogen-bond acceptors (Lipinski definition) is 3. The molecule has 1 aliphatic rings. The summed E-state index contributed by atoms with van der Waals surface area (Å²) in [5, 5.41) is 0. The molecular weight excluding hydrogens is 118 g/mol. The lowest BCUT2D eigenvalue weighted by Gasteiger charge is -2.26. The molecule has 0 amide bonds. The minimum absolute atomic E-state index is 0.119. The molecule has 3 heteroatoms. The fraction of sp³-hybridized carbons (Fsp3) is 1.00. The van der Waals surface area contributed by atoms with Gasteiger partial charge in [0.15, 0.2) is 0 Å². The summed E-state index contributed by atoms with van der Waals surface area (Å²) >= 11 is 0. The average molecular weight is 131 g/mol. The minimum atomic E-state index is 0.119. The number of hydrogen-bond donors (Lipinski definition) is 1. The van der Waals surface area contributed by atoms with Gasteiger partial charge in [-0.15, -0.1) is 0 Å². The van der Waals surface area contributed by atoms with Crippen LogP contribution in [0.5, 0.6) is 0 Å². The molecule has 2 atom stereocenters. The Morgan fingerprint density at radius 2 is 2.33 bits per heavy atom. The molecule has 9 heavy (non-hydrogen) atoms. The molecule has 0 bridgehead atoms. The van der Waals surface area contributed by atoms with Crippen LogP contribution in [-0.4, -0.2) is 32.0 Å². The summed E-state index contributed by atoms with van der Waals surface area (Å²) in [4.78, 5) is 0. The largest absolute Gasteiger partial charge is 0.376 e. The van der Waals surface area contributed by atoms with Gasteiger partial charge in [-0.2, -0.15) is 0 Å². The maximum absolute atomic E-state index is 5.39. The smallest absolute Gasteiger partial charge is 0.0935 e. The third kappa shape index (κ3) is 1.93. The molecular formula is C6H13NO2. The van der Waals surface area contributed by atoms with Gasteiger partial charge in [0.1, 0.15) is 0 Å². The first-order valence-electron chi connectivity index (χ1n) is 3.26. The molecule has 1 aliphatic heterocycles. The van der Waals surface area contributed by atoms with Gasteiger partial charge in [0.25, 0.3) is 0 Å². The molecule has 0 aromatic rings. The van der Waals surface area contributed by atoms with E-state index in [4.69, 9.17) is 15.2 Å². The van der Waals surface area contributed by atoms with Crippen LogP contribution in [0.15, 0.2) is 0 Å². The van der Waals surface area contributed by atoms with Crippen molar-refractivity contribution in [2.45, 2.75) is 19.1 Å². The molecule has 0 aromatic carbocycles. The summed E-state index contributed by atoms with van der Waals surface area (Å²) in [7, 11) is 0. The molecule has 0 saturated carbocycles. The first kappa shape index (κ1) is 6.99. The predicted molar refractivity (Wildman–Crippen MR) is 34.2 cm³/mol. The number of ether oxygens (including phenoxy) is 2. The summed E-state index contributed by atoms with van der Waals surface area (Å²) in [6.07, 6.45) is 0.334. The van der Waals surface area contributed by atoms with Crippen LogP contribution in [0.4, 0.5) is 0 Å². The predicted octanol–water partition coefficient (Wildman–Crippen LogP) is -0.251. The molecule has 1 heterocycles. The van der Waals surface area contributed by atoms with E-state index in [0.29, 0.717) is 19.8 Å². The van der Waals surface area contributed by atoms with E-state index in [1.807, 2.05) is 6.92 Å². The lowest BCUT2D eigenvalue weighted by atomic mass is 10.3. The zero-order valence-corrected chi connectivity index (χ0v) is 5.67. The Morgan fingerprint density at radius 3 is 2.78 bits per heavy atom. The van der Waals surface area contributed by atoms with E-state index in [0.717, 1.165) is 0 Å². The molecule has 0 radical (unpaired) electrons. The van der Waals surface area contributed by atoms with Crippen molar-refractivity contribution in [2.75, 3.05) is 19.8 Å². The maximum Gasteiger partial charge on any atom is 0.0935 e. The van der Waals surface area contributed by atoms with Crippen LogP contribution in [-0.2, 0) is 9.47 Å². The van der Waals surface area contributed by atoms with Crippen LogP contribution in [0.1, 0.15) is 6.92 Å². The molecule has 0 unspecified atom stereocenters. The normalized spacial score (nSPS) is 36.7. The summed E-state index contributed by atoms with van der Waals surface area (Å²) in [6, 6.07) is 0. The quantitative estimate of drug-likeness (QED) is 0.533. The molecule has 1 fully saturated rings. The Bertz CT molecular complexity index is 87.1. The van der Waals surface area contributed by atoms with Gasteiger partial charge in [-0.3, -0.25) is 0 Å². The Balaban J connectivity index is 2.23. The van der Waals surface area contributed by atoms with Gasteiger partial charge in [0.2, 0.25) is 0 Å². The van der Waals surface area contributed by atoms with Crippen LogP contribution in [0.25, 0.3) is 0 Å². The van der Waals surface area contributed by atoms with Crippen LogP contribution in [0, 0.1) is 0 Å². The Hall–Kier alpha value is -0.120. The van der Waals surface area contributed by atoms with E-state index in [-0.39, 0.29) is 12.2 Å². The fourth-order valence-corrected chi connectivity index (χ4v) is 0.896. The first-order valence-corrected chi connectivity index (χ1v) is 3.26. The van der Waals surface area contributed by atoms with Crippen molar-refractivity contribution >= 4 is 0 Å². The van der Waals surface area contributed by atoms with Crippen molar-refractivity contribution in [1.82, 2.24) is 0 Å². The van der Waals surface area contributed by atoms with Crippen LogP contribution in [0.3, 0.4) is 0 Å². The van der Waals surface area contributed by atoms with Gasteiger partial charge < -0.3 is 15.2 Å². The average Bonchev–Trinajstić information content (AvgIpc) is 1.88. The van der Waals surface area contributed by atoms with Crippen LogP contribution >= 0.6 is 0 Å². The number of rotatable bonds is 1. The van der Waals surface area contributed by atoms with Gasteiger partial charge in [0.05, 0.1) is 25.4 Å². The van der Waals surface area contributed by atoms with Crippen LogP contribution < -0.4 is 5.73 Å². The van der Waals surface area contributed by atoms with Crippen molar-refractivity contribution < 1.29 is 9.47 Å². The van der Waals surface area contributed by atoms with Gasteiger partial charge in [-0.1, -0.05) is 0 Å². The molecule has 1 rings (SSSR count). The highest BCUT2D eigenvalue weighted by atomic mass is 16.6. The zero-order chi connectivity index (χ0) is 6.69. The SMILES string of the molecule is C[C@H]1COC[C@H](CN)O1. The molecule has 1 saturated heterocycles. The Kier molecular flexibility index (Phi) is 2.45. The molecule has 54 valence electrons. The van der Waals surface area contributed by atoms with Crippen molar-refractivity contribution in [3.05, 3.63) is 0 Å². The molecule has 0 spiro atoms. The third-order valence-corrected chi connectivity index (χ3v) is 1.34. The monoisotopic (exact) mass is 131 g/mol. The van der Waals surface area contributed by atoms with E-state index >= 15 is 0 Å². The molecule has 2 N–H and O–H groups in total. The third-order valence-electron chi connectivity index (χ3n) is 1.34. The molecule has 0 aliphatic carbocycles. The first-order chi connectivity index (χ1) is 4.33. The molecule has 3 nitrogen and oxygen atoms in total. The zero-order valence-electron chi connectivity index (χ0n) is 5.67. The van der Waals surface area contributed by atoms with Gasteiger partial charge in [-0.25, -0.2) is 0 Å². The Morgan fingerprint density at radius 1 is 1.56 bits per heavy atom. The van der Waals surface area contributed by atoms with E-state index < -0.39 is 0 Å². The van der Waals surface area contributed by atoms with Gasteiger partial charge in [0, 0.05) is 6.54 Å². The van der Waals surface area contributed by atoms with Crippen molar-refractivity contribution in [2.24, 2.45) is 5.73 Å². The van der Waals surface area contributed by atoms with E-state index in [2.05, 4.69) is 0 Å². The van der Waals surface area contributed by atoms with E-state index in [9.17, 15) is 0 Å². The lowest BCUT2D eigenvalue weighted by Crippen LogP contribution is -2.38. The number of nitrogens with two attached hydrogens (primary N) is 1. The van der Waals surface area contributed by atoms with Crippen molar-refractivity contribution in [1.29, 1.82) is 0 Å². The van der Waals surface area contributed by atoms with Gasteiger partial charge in [-0.05, 0) is 6.92 Å². The summed E-state index contributed by atoms with van der Waals surface area (Å²) in [6.45, 7) is 3.91. The minimum Gasteiger partial charge on any atom is -0.376 e. The second-order valence-corrected chi connectivity index (χ2v) is 2.34. The van der Waals surface area contributed by atoms with Crippen molar-refractivity contribution in [3.8, 4) is 0 Å². The lowest BCUT2D eigenvalue weighted by molar-refractivity contribution is -0.126. The van der Waals surface area contributed by atoms with E-state index in [1.54, 1.807) is 0 Å². The maximum atomic E-state index is 5.39. The van der Waals surface area contributed by atoms with Gasteiger partial charge >= 0.3 is 0 Å². The second-order valence-electron chi connectivity index (χ2n) is 2.34. The summed E-state index contributed by atoms with van der Waals surface area (Å²) < 4.78 is 10.6. The molecule has 0 aromatic heterocycles. The van der Waals surface area contributed by atoms with Crippen molar-refractivity contribution in [3.63, 3.8) is 0 Å². The second kappa shape index (κ2) is 3.15. The van der Waals surface area contributed by atoms with Crippen LogP contribution in [0.2, 0.25) is 0 Å². The highest BCUT2D eigenvalue weighted by molar-refractivity contribution is 4.64. The summed E-state index contributed by atoms with van der Waals surface area (Å²) in [5.74, 6) is 0. The fourth-order valence-electron chi connectivity index (χ4n) is 0.896. The highest BCUT2D eigenvalue weighted by Crippen LogP contribution is 2.04. The topological polar surface area (TPSA) is 44.5 Å². The van der Waals surface area contributed by atoms with E-state index in [1.165, 1.54) is 0 Å². The standard InChI is InChI=1S/C6H13NO2/c1-5-3-8-4-6(2-7)9-5/h5-6H,2-4,7H2,1H3/t5-,6-/m0/s1. The highest BCUT2D eigenvalue weighted by Gasteiger charge is 2.17. The Labute approximate surface area is 55.1 Å². The summed E-state index contributed by atoms with van der Waals surface area (Å²) in [5.41, 5.74) is 5.36.